The van der Waals surface area contributed by atoms with E-state index in [-0.39, 0.29) is 28.8 Å². The van der Waals surface area contributed by atoms with E-state index in [1.165, 1.54) is 18.2 Å². The van der Waals surface area contributed by atoms with Gasteiger partial charge in [-0.05, 0) is 32.0 Å². The van der Waals surface area contributed by atoms with Crippen molar-refractivity contribution in [3.05, 3.63) is 28.8 Å². The molecule has 7 heteroatoms. The van der Waals surface area contributed by atoms with Crippen LogP contribution in [0.5, 0.6) is 0 Å². The first-order valence-corrected chi connectivity index (χ1v) is 6.99. The summed E-state index contributed by atoms with van der Waals surface area (Å²) in [5.74, 6) is -1.06. The summed E-state index contributed by atoms with van der Waals surface area (Å²) in [5, 5.41) is 11.8. The Morgan fingerprint density at radius 3 is 2.48 bits per heavy atom. The number of benzene rings is 1. The maximum absolute atomic E-state index is 12.2. The van der Waals surface area contributed by atoms with Crippen molar-refractivity contribution in [1.82, 2.24) is 4.90 Å². The number of carboxylic acid groups (broad SMARTS) is 1. The van der Waals surface area contributed by atoms with Crippen LogP contribution in [0, 0.1) is 0 Å². The zero-order valence-electron chi connectivity index (χ0n) is 11.8. The van der Waals surface area contributed by atoms with Crippen LogP contribution in [0.2, 0.25) is 5.02 Å². The van der Waals surface area contributed by atoms with Crippen LogP contribution in [0.4, 0.5) is 10.5 Å². The van der Waals surface area contributed by atoms with E-state index in [1.54, 1.807) is 4.90 Å². The number of morpholine rings is 1. The number of amides is 2. The average Bonchev–Trinajstić information content (AvgIpc) is 2.39. The quantitative estimate of drug-likeness (QED) is 0.880. The van der Waals surface area contributed by atoms with Crippen molar-refractivity contribution in [2.75, 3.05) is 18.4 Å². The summed E-state index contributed by atoms with van der Waals surface area (Å²) < 4.78 is 5.57. The molecule has 1 fully saturated rings. The fourth-order valence-corrected chi connectivity index (χ4v) is 2.52. The topological polar surface area (TPSA) is 78.9 Å². The lowest BCUT2D eigenvalue weighted by molar-refractivity contribution is -0.0530. The molecule has 0 bridgehead atoms. The van der Waals surface area contributed by atoms with Gasteiger partial charge in [0.25, 0.3) is 0 Å². The molecule has 2 unspecified atom stereocenters. The van der Waals surface area contributed by atoms with Gasteiger partial charge >= 0.3 is 12.0 Å². The van der Waals surface area contributed by atoms with Gasteiger partial charge in [-0.3, -0.25) is 0 Å². The van der Waals surface area contributed by atoms with E-state index in [0.717, 1.165) is 0 Å². The van der Waals surface area contributed by atoms with Crippen molar-refractivity contribution in [2.24, 2.45) is 0 Å². The summed E-state index contributed by atoms with van der Waals surface area (Å²) in [7, 11) is 0. The molecule has 1 aliphatic heterocycles. The normalized spacial score (nSPS) is 22.0. The van der Waals surface area contributed by atoms with Gasteiger partial charge in [-0.15, -0.1) is 0 Å². The summed E-state index contributed by atoms with van der Waals surface area (Å²) in [6.45, 7) is 4.82. The Morgan fingerprint density at radius 1 is 1.33 bits per heavy atom. The van der Waals surface area contributed by atoms with Gasteiger partial charge in [0.15, 0.2) is 0 Å². The molecule has 1 aliphatic rings. The molecule has 1 saturated heterocycles. The number of halogens is 1. The molecule has 114 valence electrons. The van der Waals surface area contributed by atoms with Crippen LogP contribution in [-0.2, 0) is 4.74 Å². The molecule has 2 atom stereocenters. The fourth-order valence-electron chi connectivity index (χ4n) is 2.29. The Labute approximate surface area is 127 Å². The van der Waals surface area contributed by atoms with Crippen LogP contribution in [0.25, 0.3) is 0 Å². The summed E-state index contributed by atoms with van der Waals surface area (Å²) >= 11 is 5.99. The molecule has 2 rings (SSSR count). The lowest BCUT2D eigenvalue weighted by Crippen LogP contribution is -2.49. The van der Waals surface area contributed by atoms with Gasteiger partial charge < -0.3 is 20.1 Å². The first-order chi connectivity index (χ1) is 9.86. The lowest BCUT2D eigenvalue weighted by Gasteiger charge is -2.35. The molecule has 0 aromatic heterocycles. The molecule has 6 nitrogen and oxygen atoms in total. The number of urea groups is 1. The number of nitrogens with zero attached hydrogens (tertiary/aromatic N) is 1. The van der Waals surface area contributed by atoms with E-state index in [9.17, 15) is 9.59 Å². The monoisotopic (exact) mass is 312 g/mol. The van der Waals surface area contributed by atoms with Gasteiger partial charge in [0, 0.05) is 13.1 Å². The Balaban J connectivity index is 2.07. The third-order valence-corrected chi connectivity index (χ3v) is 3.48. The molecule has 1 heterocycles. The molecule has 0 radical (unpaired) electrons. The Bertz CT molecular complexity index is 554. The van der Waals surface area contributed by atoms with Crippen molar-refractivity contribution < 1.29 is 19.4 Å². The van der Waals surface area contributed by atoms with Crippen molar-refractivity contribution in [2.45, 2.75) is 26.1 Å². The van der Waals surface area contributed by atoms with Crippen molar-refractivity contribution in [3.8, 4) is 0 Å². The van der Waals surface area contributed by atoms with Crippen LogP contribution >= 0.6 is 11.6 Å². The first kappa shape index (κ1) is 15.6. The van der Waals surface area contributed by atoms with Crippen molar-refractivity contribution >= 4 is 29.3 Å². The molecule has 0 aliphatic carbocycles. The smallest absolute Gasteiger partial charge is 0.335 e. The second-order valence-electron chi connectivity index (χ2n) is 5.09. The highest BCUT2D eigenvalue weighted by Gasteiger charge is 2.26. The van der Waals surface area contributed by atoms with E-state index in [2.05, 4.69) is 5.32 Å². The predicted molar refractivity (Wildman–Crippen MR) is 79.0 cm³/mol. The first-order valence-electron chi connectivity index (χ1n) is 6.61. The van der Waals surface area contributed by atoms with Crippen molar-refractivity contribution in [1.29, 1.82) is 0 Å². The minimum Gasteiger partial charge on any atom is -0.478 e. The van der Waals surface area contributed by atoms with Gasteiger partial charge in [0.05, 0.1) is 28.5 Å². The molecular formula is C14H17ClN2O4. The number of anilines is 1. The number of hydrogen-bond acceptors (Lipinski definition) is 3. The number of carboxylic acids is 1. The minimum absolute atomic E-state index is 0.0237. The molecule has 1 aromatic rings. The minimum atomic E-state index is -1.06. The number of carbonyl (C=O) groups excluding carboxylic acids is 1. The summed E-state index contributed by atoms with van der Waals surface area (Å²) in [5.41, 5.74) is 0.463. The Hall–Kier alpha value is -1.79. The van der Waals surface area contributed by atoms with Gasteiger partial charge in [-0.1, -0.05) is 11.6 Å². The van der Waals surface area contributed by atoms with Gasteiger partial charge in [0.2, 0.25) is 0 Å². The highest BCUT2D eigenvalue weighted by molar-refractivity contribution is 6.34. The van der Waals surface area contributed by atoms with Crippen LogP contribution in [0.15, 0.2) is 18.2 Å². The third-order valence-electron chi connectivity index (χ3n) is 3.16. The maximum atomic E-state index is 12.2. The van der Waals surface area contributed by atoms with Crippen LogP contribution in [0.1, 0.15) is 24.2 Å². The molecular weight excluding hydrogens is 296 g/mol. The molecule has 0 saturated carbocycles. The Kier molecular flexibility index (Phi) is 4.69. The van der Waals surface area contributed by atoms with Crippen LogP contribution in [-0.4, -0.2) is 47.3 Å². The van der Waals surface area contributed by atoms with E-state index in [4.69, 9.17) is 21.4 Å². The maximum Gasteiger partial charge on any atom is 0.335 e. The van der Waals surface area contributed by atoms with Gasteiger partial charge in [-0.2, -0.15) is 0 Å². The molecule has 2 N–H and O–H groups in total. The number of rotatable bonds is 2. The van der Waals surface area contributed by atoms with Gasteiger partial charge in [-0.25, -0.2) is 9.59 Å². The zero-order valence-corrected chi connectivity index (χ0v) is 12.6. The molecule has 0 spiro atoms. The number of ether oxygens (including phenoxy) is 1. The standard InChI is InChI=1S/C14H17ClN2O4/c1-8-6-17(7-9(2)21-8)14(20)16-12-4-3-10(13(18)19)5-11(12)15/h3-5,8-9H,6-7H2,1-2H3,(H,16,20)(H,18,19). The number of aromatic carboxylic acids is 1. The van der Waals surface area contributed by atoms with E-state index >= 15 is 0 Å². The fraction of sp³-hybridized carbons (Fsp3) is 0.429. The largest absolute Gasteiger partial charge is 0.478 e. The molecule has 1 aromatic carbocycles. The SMILES string of the molecule is CC1CN(C(=O)Nc2ccc(C(=O)O)cc2Cl)CC(C)O1. The third kappa shape index (κ3) is 3.86. The van der Waals surface area contributed by atoms with Crippen LogP contribution < -0.4 is 5.32 Å². The van der Waals surface area contributed by atoms with E-state index in [0.29, 0.717) is 18.8 Å². The van der Waals surface area contributed by atoms with Crippen LogP contribution in [0.3, 0.4) is 0 Å². The second kappa shape index (κ2) is 6.32. The highest BCUT2D eigenvalue weighted by atomic mass is 35.5. The highest BCUT2D eigenvalue weighted by Crippen LogP contribution is 2.24. The average molecular weight is 313 g/mol. The molecule has 2 amide bonds. The second-order valence-corrected chi connectivity index (χ2v) is 5.50. The lowest BCUT2D eigenvalue weighted by atomic mass is 10.2. The number of nitrogens with one attached hydrogen (secondary N) is 1. The number of hydrogen-bond donors (Lipinski definition) is 2. The van der Waals surface area contributed by atoms with E-state index < -0.39 is 5.97 Å². The predicted octanol–water partition coefficient (Wildman–Crippen LogP) is 2.68. The summed E-state index contributed by atoms with van der Waals surface area (Å²) in [6, 6.07) is 3.91. The summed E-state index contributed by atoms with van der Waals surface area (Å²) in [4.78, 5) is 24.7. The molecule has 21 heavy (non-hydrogen) atoms. The zero-order chi connectivity index (χ0) is 15.6. The summed E-state index contributed by atoms with van der Waals surface area (Å²) in [6.07, 6.45) is -0.0475. The van der Waals surface area contributed by atoms with Crippen molar-refractivity contribution in [3.63, 3.8) is 0 Å². The Morgan fingerprint density at radius 2 is 1.95 bits per heavy atom. The van der Waals surface area contributed by atoms with E-state index in [1.807, 2.05) is 13.8 Å². The number of carbonyl (C=O) groups is 2. The van der Waals surface area contributed by atoms with Gasteiger partial charge in [0.1, 0.15) is 0 Å².